The molecular formula is C22H15BrCl2N2O2S. The number of aromatic nitrogens is 1. The number of carbonyl (C=O) groups excluding carboxylic acids is 2. The average molecular weight is 522 g/mol. The van der Waals surface area contributed by atoms with Crippen molar-refractivity contribution in [2.24, 2.45) is 0 Å². The van der Waals surface area contributed by atoms with Crippen LogP contribution in [0, 0.1) is 0 Å². The second-order valence-corrected chi connectivity index (χ2v) is 9.44. The normalized spacial score (nSPS) is 15.6. The molecule has 0 saturated carbocycles. The smallest absolute Gasteiger partial charge is 0.293 e. The van der Waals surface area contributed by atoms with Crippen LogP contribution in [0.4, 0.5) is 4.79 Å². The van der Waals surface area contributed by atoms with Crippen LogP contribution < -0.4 is 0 Å². The fourth-order valence-corrected chi connectivity index (χ4v) is 4.97. The van der Waals surface area contributed by atoms with Crippen LogP contribution in [-0.4, -0.2) is 27.2 Å². The maximum absolute atomic E-state index is 12.6. The van der Waals surface area contributed by atoms with Crippen LogP contribution in [-0.2, 0) is 11.3 Å². The van der Waals surface area contributed by atoms with Gasteiger partial charge in [0.05, 0.1) is 4.91 Å². The minimum atomic E-state index is -0.304. The molecule has 1 aliphatic rings. The van der Waals surface area contributed by atoms with Crippen molar-refractivity contribution in [1.82, 2.24) is 9.47 Å². The number of imide groups is 1. The lowest BCUT2D eigenvalue weighted by Crippen LogP contribution is -2.27. The van der Waals surface area contributed by atoms with Gasteiger partial charge in [-0.25, -0.2) is 0 Å². The molecule has 0 aliphatic carbocycles. The molecule has 2 amide bonds. The van der Waals surface area contributed by atoms with Crippen LogP contribution >= 0.6 is 50.9 Å². The third kappa shape index (κ3) is 4.10. The molecule has 1 saturated heterocycles. The molecular weight excluding hydrogens is 507 g/mol. The molecule has 0 radical (unpaired) electrons. The van der Waals surface area contributed by atoms with Crippen molar-refractivity contribution in [2.75, 3.05) is 6.54 Å². The molecule has 0 bridgehead atoms. The summed E-state index contributed by atoms with van der Waals surface area (Å²) >= 11 is 16.8. The van der Waals surface area contributed by atoms with Gasteiger partial charge in [-0.3, -0.25) is 14.5 Å². The van der Waals surface area contributed by atoms with E-state index >= 15 is 0 Å². The van der Waals surface area contributed by atoms with E-state index in [1.165, 1.54) is 11.0 Å². The summed E-state index contributed by atoms with van der Waals surface area (Å²) < 4.78 is 2.99. The monoisotopic (exact) mass is 520 g/mol. The van der Waals surface area contributed by atoms with Crippen molar-refractivity contribution < 1.29 is 9.59 Å². The SMILES string of the molecule is C=CCN1C(=O)S/C(=C\c2cn(Cc3ccc(Cl)cc3Cl)c3ccc(Br)cc23)C1=O. The first-order valence-electron chi connectivity index (χ1n) is 8.96. The zero-order valence-corrected chi connectivity index (χ0v) is 19.5. The van der Waals surface area contributed by atoms with Crippen LogP contribution in [0.3, 0.4) is 0 Å². The van der Waals surface area contributed by atoms with Gasteiger partial charge in [-0.1, -0.05) is 51.3 Å². The van der Waals surface area contributed by atoms with Gasteiger partial charge in [0, 0.05) is 50.3 Å². The van der Waals surface area contributed by atoms with E-state index in [2.05, 4.69) is 27.1 Å². The maximum Gasteiger partial charge on any atom is 0.293 e. The number of thioether (sulfide) groups is 1. The molecule has 4 rings (SSSR count). The lowest BCUT2D eigenvalue weighted by molar-refractivity contribution is -0.122. The van der Waals surface area contributed by atoms with Crippen molar-refractivity contribution in [3.63, 3.8) is 0 Å². The standard InChI is InChI=1S/C22H15BrCl2N2O2S/c1-2-7-27-21(28)20(30-22(27)29)8-14-12-26(19-6-4-15(23)9-17(14)19)11-13-3-5-16(24)10-18(13)25/h2-6,8-10,12H,1,7,11H2/b20-8-. The van der Waals surface area contributed by atoms with Gasteiger partial charge in [-0.15, -0.1) is 6.58 Å². The Morgan fingerprint density at radius 2 is 1.93 bits per heavy atom. The van der Waals surface area contributed by atoms with Crippen LogP contribution in [0.2, 0.25) is 10.0 Å². The zero-order valence-electron chi connectivity index (χ0n) is 15.6. The second-order valence-electron chi connectivity index (χ2n) is 6.69. The molecule has 3 aromatic rings. The number of rotatable bonds is 5. The van der Waals surface area contributed by atoms with Crippen molar-refractivity contribution in [3.05, 3.63) is 85.8 Å². The van der Waals surface area contributed by atoms with E-state index in [0.717, 1.165) is 38.3 Å². The number of hydrogen-bond acceptors (Lipinski definition) is 3. The molecule has 1 fully saturated rings. The fraction of sp³-hybridized carbons (Fsp3) is 0.0909. The van der Waals surface area contributed by atoms with Gasteiger partial charge in [-0.05, 0) is 53.7 Å². The van der Waals surface area contributed by atoms with E-state index in [0.29, 0.717) is 21.5 Å². The molecule has 152 valence electrons. The Kier molecular flexibility index (Phi) is 6.11. The Hall–Kier alpha value is -1.99. The Morgan fingerprint density at radius 3 is 2.67 bits per heavy atom. The Morgan fingerprint density at radius 1 is 1.13 bits per heavy atom. The molecule has 0 unspecified atom stereocenters. The summed E-state index contributed by atoms with van der Waals surface area (Å²) in [5.74, 6) is -0.304. The van der Waals surface area contributed by atoms with Gasteiger partial charge >= 0.3 is 0 Å². The van der Waals surface area contributed by atoms with Crippen molar-refractivity contribution in [3.8, 4) is 0 Å². The molecule has 0 spiro atoms. The van der Waals surface area contributed by atoms with Crippen molar-refractivity contribution >= 4 is 79.0 Å². The number of halogens is 3. The van der Waals surface area contributed by atoms with E-state index in [4.69, 9.17) is 23.2 Å². The number of nitrogens with zero attached hydrogens (tertiary/aromatic N) is 2. The van der Waals surface area contributed by atoms with E-state index in [1.54, 1.807) is 12.1 Å². The van der Waals surface area contributed by atoms with Crippen molar-refractivity contribution in [2.45, 2.75) is 6.54 Å². The van der Waals surface area contributed by atoms with Gasteiger partial charge in [0.1, 0.15) is 0 Å². The van der Waals surface area contributed by atoms with E-state index in [-0.39, 0.29) is 17.7 Å². The summed E-state index contributed by atoms with van der Waals surface area (Å²) in [6.07, 6.45) is 5.27. The molecule has 1 aliphatic heterocycles. The van der Waals surface area contributed by atoms with Gasteiger partial charge in [0.2, 0.25) is 0 Å². The van der Waals surface area contributed by atoms with E-state index in [9.17, 15) is 9.59 Å². The molecule has 0 atom stereocenters. The average Bonchev–Trinajstić information content (AvgIpc) is 3.16. The predicted octanol–water partition coefficient (Wildman–Crippen LogP) is 6.98. The summed E-state index contributed by atoms with van der Waals surface area (Å²) in [4.78, 5) is 26.3. The lowest BCUT2D eigenvalue weighted by atomic mass is 10.1. The third-order valence-electron chi connectivity index (χ3n) is 4.70. The minimum Gasteiger partial charge on any atom is -0.342 e. The molecule has 0 N–H and O–H groups in total. The number of fused-ring (bicyclic) bond motifs is 1. The third-order valence-corrected chi connectivity index (χ3v) is 6.69. The highest BCUT2D eigenvalue weighted by molar-refractivity contribution is 9.10. The summed E-state index contributed by atoms with van der Waals surface area (Å²) in [6.45, 7) is 4.35. The Balaban J connectivity index is 1.78. The summed E-state index contributed by atoms with van der Waals surface area (Å²) in [5.41, 5.74) is 2.76. The topological polar surface area (TPSA) is 42.3 Å². The number of benzene rings is 2. The molecule has 2 heterocycles. The molecule has 8 heteroatoms. The highest BCUT2D eigenvalue weighted by Gasteiger charge is 2.34. The molecule has 4 nitrogen and oxygen atoms in total. The summed E-state index contributed by atoms with van der Waals surface area (Å²) in [5, 5.41) is 1.85. The first-order chi connectivity index (χ1) is 14.4. The van der Waals surface area contributed by atoms with Crippen LogP contribution in [0.5, 0.6) is 0 Å². The minimum absolute atomic E-state index is 0.199. The van der Waals surface area contributed by atoms with E-state index in [1.807, 2.05) is 36.5 Å². The lowest BCUT2D eigenvalue weighted by Gasteiger charge is -2.08. The van der Waals surface area contributed by atoms with Gasteiger partial charge in [0.15, 0.2) is 0 Å². The largest absolute Gasteiger partial charge is 0.342 e. The van der Waals surface area contributed by atoms with Gasteiger partial charge in [0.25, 0.3) is 11.1 Å². The molecule has 1 aromatic heterocycles. The highest BCUT2D eigenvalue weighted by atomic mass is 79.9. The second kappa shape index (κ2) is 8.63. The Bertz CT molecular complexity index is 1240. The van der Waals surface area contributed by atoms with E-state index < -0.39 is 0 Å². The molecule has 30 heavy (non-hydrogen) atoms. The van der Waals surface area contributed by atoms with Crippen LogP contribution in [0.25, 0.3) is 17.0 Å². The van der Waals surface area contributed by atoms with Crippen molar-refractivity contribution in [1.29, 1.82) is 0 Å². The van der Waals surface area contributed by atoms with Gasteiger partial charge in [-0.2, -0.15) is 0 Å². The molecule has 2 aromatic carbocycles. The summed E-state index contributed by atoms with van der Waals surface area (Å²) in [6, 6.07) is 11.4. The number of carbonyl (C=O) groups is 2. The first kappa shape index (κ1) is 21.2. The maximum atomic E-state index is 12.6. The van der Waals surface area contributed by atoms with Crippen LogP contribution in [0.1, 0.15) is 11.1 Å². The fourth-order valence-electron chi connectivity index (χ4n) is 3.30. The summed E-state index contributed by atoms with van der Waals surface area (Å²) in [7, 11) is 0. The number of hydrogen-bond donors (Lipinski definition) is 0. The zero-order chi connectivity index (χ0) is 21.4. The quantitative estimate of drug-likeness (QED) is 0.268. The predicted molar refractivity (Wildman–Crippen MR) is 128 cm³/mol. The Labute approximate surface area is 196 Å². The number of amides is 2. The first-order valence-corrected chi connectivity index (χ1v) is 11.3. The highest BCUT2D eigenvalue weighted by Crippen LogP contribution is 2.35. The van der Waals surface area contributed by atoms with Gasteiger partial charge < -0.3 is 4.57 Å². The van der Waals surface area contributed by atoms with Crippen LogP contribution in [0.15, 0.2) is 64.6 Å².